The molecule has 0 spiro atoms. The molecular formula is C20H15BrCl2N2O2. The van der Waals surface area contributed by atoms with Gasteiger partial charge in [0.1, 0.15) is 0 Å². The summed E-state index contributed by atoms with van der Waals surface area (Å²) in [5.74, 6) is -1.05. The van der Waals surface area contributed by atoms with Gasteiger partial charge in [0.25, 0.3) is 0 Å². The van der Waals surface area contributed by atoms with E-state index in [0.29, 0.717) is 5.02 Å². The van der Waals surface area contributed by atoms with Gasteiger partial charge in [0, 0.05) is 33.3 Å². The molecule has 138 valence electrons. The largest absolute Gasteiger partial charge is 0.478 e. The lowest BCUT2D eigenvalue weighted by Crippen LogP contribution is -2.02. The van der Waals surface area contributed by atoms with Gasteiger partial charge in [-0.3, -0.25) is 4.99 Å². The highest BCUT2D eigenvalue weighted by atomic mass is 79.9. The van der Waals surface area contributed by atoms with Crippen LogP contribution in [0, 0.1) is 13.8 Å². The van der Waals surface area contributed by atoms with Gasteiger partial charge in [-0.1, -0.05) is 23.2 Å². The maximum absolute atomic E-state index is 11.2. The summed E-state index contributed by atoms with van der Waals surface area (Å²) in [6, 6.07) is 12.4. The van der Waals surface area contributed by atoms with Crippen molar-refractivity contribution < 1.29 is 9.90 Å². The van der Waals surface area contributed by atoms with Gasteiger partial charge in [-0.25, -0.2) is 4.79 Å². The molecule has 0 atom stereocenters. The van der Waals surface area contributed by atoms with Crippen molar-refractivity contribution in [3.05, 3.63) is 79.5 Å². The van der Waals surface area contributed by atoms with E-state index < -0.39 is 5.97 Å². The molecule has 0 aliphatic carbocycles. The van der Waals surface area contributed by atoms with Crippen LogP contribution in [0.3, 0.4) is 0 Å². The summed E-state index contributed by atoms with van der Waals surface area (Å²) < 4.78 is 2.83. The molecule has 0 bridgehead atoms. The number of rotatable bonds is 4. The normalized spacial score (nSPS) is 11.3. The molecular weight excluding hydrogens is 451 g/mol. The number of carboxylic acids is 1. The minimum atomic E-state index is -1.05. The van der Waals surface area contributed by atoms with Crippen molar-refractivity contribution in [3.63, 3.8) is 0 Å². The van der Waals surface area contributed by atoms with Crippen LogP contribution < -0.4 is 0 Å². The van der Waals surface area contributed by atoms with Crippen LogP contribution in [0.5, 0.6) is 0 Å². The van der Waals surface area contributed by atoms with Gasteiger partial charge >= 0.3 is 5.97 Å². The molecule has 2 aromatic carbocycles. The van der Waals surface area contributed by atoms with Gasteiger partial charge in [-0.15, -0.1) is 0 Å². The van der Waals surface area contributed by atoms with Gasteiger partial charge in [-0.05, 0) is 72.2 Å². The molecule has 0 fully saturated rings. The van der Waals surface area contributed by atoms with Crippen molar-refractivity contribution >= 4 is 57.0 Å². The standard InChI is InChI=1S/C20H15BrCl2N2O2/c1-11-7-13(10-24-14-3-6-17(21)19(23)8-14)12(2)25(11)15-4-5-16(20(26)27)18(22)9-15/h3-10H,1-2H3,(H,26,27). The second-order valence-electron chi connectivity index (χ2n) is 5.99. The lowest BCUT2D eigenvalue weighted by molar-refractivity contribution is 0.0697. The Bertz CT molecular complexity index is 1070. The Hall–Kier alpha value is -2.08. The number of hydrogen-bond donors (Lipinski definition) is 1. The van der Waals surface area contributed by atoms with E-state index in [-0.39, 0.29) is 10.6 Å². The third-order valence-electron chi connectivity index (χ3n) is 4.17. The molecule has 3 rings (SSSR count). The zero-order valence-corrected chi connectivity index (χ0v) is 17.6. The Kier molecular flexibility index (Phi) is 5.75. The van der Waals surface area contributed by atoms with Crippen LogP contribution in [0.15, 0.2) is 51.9 Å². The van der Waals surface area contributed by atoms with Gasteiger partial charge < -0.3 is 9.67 Å². The molecule has 0 amide bonds. The monoisotopic (exact) mass is 464 g/mol. The van der Waals surface area contributed by atoms with Crippen molar-refractivity contribution in [3.8, 4) is 5.69 Å². The van der Waals surface area contributed by atoms with E-state index in [9.17, 15) is 4.79 Å². The van der Waals surface area contributed by atoms with Crippen molar-refractivity contribution in [2.45, 2.75) is 13.8 Å². The van der Waals surface area contributed by atoms with Crippen LogP contribution in [0.25, 0.3) is 5.69 Å². The highest BCUT2D eigenvalue weighted by Crippen LogP contribution is 2.28. The third kappa shape index (κ3) is 4.10. The van der Waals surface area contributed by atoms with Crippen LogP contribution in [0.1, 0.15) is 27.3 Å². The number of hydrogen-bond acceptors (Lipinski definition) is 2. The molecule has 0 aliphatic rings. The summed E-state index contributed by atoms with van der Waals surface area (Å²) in [6.45, 7) is 3.95. The Morgan fingerprint density at radius 1 is 1.11 bits per heavy atom. The Balaban J connectivity index is 1.97. The number of nitrogens with zero attached hydrogens (tertiary/aromatic N) is 2. The lowest BCUT2D eigenvalue weighted by atomic mass is 10.2. The molecule has 7 heteroatoms. The van der Waals surface area contributed by atoms with Crippen LogP contribution in [0.4, 0.5) is 5.69 Å². The van der Waals surface area contributed by atoms with Crippen LogP contribution >= 0.6 is 39.1 Å². The van der Waals surface area contributed by atoms with E-state index in [1.54, 1.807) is 24.4 Å². The maximum atomic E-state index is 11.2. The average molecular weight is 466 g/mol. The first kappa shape index (κ1) is 19.7. The maximum Gasteiger partial charge on any atom is 0.337 e. The number of aromatic nitrogens is 1. The quantitative estimate of drug-likeness (QED) is 0.440. The fourth-order valence-corrected chi connectivity index (χ4v) is 3.52. The summed E-state index contributed by atoms with van der Waals surface area (Å²) in [7, 11) is 0. The first-order chi connectivity index (χ1) is 12.8. The highest BCUT2D eigenvalue weighted by molar-refractivity contribution is 9.10. The first-order valence-corrected chi connectivity index (χ1v) is 9.54. The molecule has 1 aromatic heterocycles. The smallest absolute Gasteiger partial charge is 0.337 e. The number of aryl methyl sites for hydroxylation is 1. The minimum absolute atomic E-state index is 0.0804. The molecule has 1 N–H and O–H groups in total. The molecule has 0 aliphatic heterocycles. The molecule has 0 radical (unpaired) electrons. The van der Waals surface area contributed by atoms with E-state index in [4.69, 9.17) is 28.3 Å². The van der Waals surface area contributed by atoms with Crippen molar-refractivity contribution in [2.75, 3.05) is 0 Å². The van der Waals surface area contributed by atoms with Crippen LogP contribution in [-0.2, 0) is 0 Å². The van der Waals surface area contributed by atoms with Gasteiger partial charge in [0.05, 0.1) is 21.3 Å². The topological polar surface area (TPSA) is 54.6 Å². The Morgan fingerprint density at radius 2 is 1.85 bits per heavy atom. The summed E-state index contributed by atoms with van der Waals surface area (Å²) in [5, 5.41) is 9.94. The van der Waals surface area contributed by atoms with Crippen molar-refractivity contribution in [2.24, 2.45) is 4.99 Å². The Labute approximate surface area is 175 Å². The number of carboxylic acid groups (broad SMARTS) is 1. The summed E-state index contributed by atoms with van der Waals surface area (Å²) in [4.78, 5) is 15.6. The highest BCUT2D eigenvalue weighted by Gasteiger charge is 2.13. The summed E-state index contributed by atoms with van der Waals surface area (Å²) >= 11 is 15.6. The van der Waals surface area contributed by atoms with Crippen molar-refractivity contribution in [1.29, 1.82) is 0 Å². The Morgan fingerprint density at radius 3 is 2.48 bits per heavy atom. The summed E-state index contributed by atoms with van der Waals surface area (Å²) in [5.41, 5.74) is 4.54. The molecule has 0 saturated heterocycles. The molecule has 0 saturated carbocycles. The predicted octanol–water partition coefficient (Wildman–Crippen LogP) is 6.61. The van der Waals surface area contributed by atoms with E-state index in [2.05, 4.69) is 20.9 Å². The second kappa shape index (κ2) is 7.89. The number of aromatic carboxylic acids is 1. The van der Waals surface area contributed by atoms with E-state index >= 15 is 0 Å². The fourth-order valence-electron chi connectivity index (χ4n) is 2.84. The molecule has 4 nitrogen and oxygen atoms in total. The second-order valence-corrected chi connectivity index (χ2v) is 7.66. The minimum Gasteiger partial charge on any atom is -0.478 e. The van der Waals surface area contributed by atoms with E-state index in [1.807, 2.05) is 36.6 Å². The summed E-state index contributed by atoms with van der Waals surface area (Å²) in [6.07, 6.45) is 1.78. The van der Waals surface area contributed by atoms with E-state index in [1.165, 1.54) is 6.07 Å². The van der Waals surface area contributed by atoms with Gasteiger partial charge in [-0.2, -0.15) is 0 Å². The zero-order chi connectivity index (χ0) is 19.7. The molecule has 3 aromatic rings. The number of halogens is 3. The van der Waals surface area contributed by atoms with Crippen LogP contribution in [0.2, 0.25) is 10.0 Å². The third-order valence-corrected chi connectivity index (χ3v) is 5.71. The van der Waals surface area contributed by atoms with E-state index in [0.717, 1.165) is 32.8 Å². The number of benzene rings is 2. The number of aliphatic imine (C=N–C) groups is 1. The zero-order valence-electron chi connectivity index (χ0n) is 14.5. The van der Waals surface area contributed by atoms with Crippen LogP contribution in [-0.4, -0.2) is 21.9 Å². The fraction of sp³-hybridized carbons (Fsp3) is 0.100. The van der Waals surface area contributed by atoms with Gasteiger partial charge in [0.2, 0.25) is 0 Å². The van der Waals surface area contributed by atoms with Crippen molar-refractivity contribution in [1.82, 2.24) is 4.57 Å². The average Bonchev–Trinajstić information content (AvgIpc) is 2.89. The molecule has 1 heterocycles. The molecule has 0 unspecified atom stereocenters. The predicted molar refractivity (Wildman–Crippen MR) is 114 cm³/mol. The van der Waals surface area contributed by atoms with Gasteiger partial charge in [0.15, 0.2) is 0 Å². The molecule has 27 heavy (non-hydrogen) atoms. The lowest BCUT2D eigenvalue weighted by Gasteiger charge is -2.11. The number of carbonyl (C=O) groups is 1. The SMILES string of the molecule is Cc1cc(C=Nc2ccc(Br)c(Cl)c2)c(C)n1-c1ccc(C(=O)O)c(Cl)c1. The first-order valence-electron chi connectivity index (χ1n) is 7.99.